The van der Waals surface area contributed by atoms with Crippen LogP contribution in [0.15, 0.2) is 53.4 Å². The van der Waals surface area contributed by atoms with Crippen LogP contribution in [0.25, 0.3) is 0 Å². The molecule has 2 amide bonds. The number of anilines is 1. The van der Waals surface area contributed by atoms with Crippen LogP contribution in [0.1, 0.15) is 0 Å². The molecule has 0 aromatic heterocycles. The minimum atomic E-state index is -3.91. The van der Waals surface area contributed by atoms with Crippen molar-refractivity contribution >= 4 is 50.7 Å². The number of amides is 2. The molecule has 2 aromatic carbocycles. The van der Waals surface area contributed by atoms with Crippen LogP contribution in [0, 0.1) is 5.82 Å². The molecule has 0 bridgehead atoms. The second kappa shape index (κ2) is 9.12. The number of hydrogen-bond donors (Lipinski definition) is 3. The molecular formula is C18H17ClFN3O4S2. The van der Waals surface area contributed by atoms with Crippen LogP contribution >= 0.6 is 23.4 Å². The number of halogens is 2. The van der Waals surface area contributed by atoms with E-state index in [0.29, 0.717) is 5.69 Å². The topological polar surface area (TPSA) is 104 Å². The molecule has 1 heterocycles. The Labute approximate surface area is 176 Å². The molecule has 154 valence electrons. The highest BCUT2D eigenvalue weighted by Crippen LogP contribution is 2.22. The number of sulfone groups is 1. The van der Waals surface area contributed by atoms with Crippen molar-refractivity contribution in [2.75, 3.05) is 17.6 Å². The first-order valence-corrected chi connectivity index (χ1v) is 11.4. The van der Waals surface area contributed by atoms with E-state index in [0.717, 1.165) is 11.8 Å². The molecule has 11 heteroatoms. The second-order valence-electron chi connectivity index (χ2n) is 6.15. The summed E-state index contributed by atoms with van der Waals surface area (Å²) in [6.45, 7) is -0.0993. The highest BCUT2D eigenvalue weighted by atomic mass is 35.5. The van der Waals surface area contributed by atoms with Gasteiger partial charge in [-0.25, -0.2) is 12.8 Å². The van der Waals surface area contributed by atoms with E-state index in [2.05, 4.69) is 16.0 Å². The maximum absolute atomic E-state index is 12.9. The molecule has 0 aliphatic carbocycles. The zero-order valence-corrected chi connectivity index (χ0v) is 17.3. The Morgan fingerprint density at radius 3 is 2.62 bits per heavy atom. The van der Waals surface area contributed by atoms with E-state index in [9.17, 15) is 22.4 Å². The maximum atomic E-state index is 12.9. The fraction of sp³-hybridized carbons (Fsp3) is 0.222. The van der Waals surface area contributed by atoms with Gasteiger partial charge in [0.05, 0.1) is 10.6 Å². The first-order chi connectivity index (χ1) is 13.8. The number of benzene rings is 2. The number of carbonyl (C=O) groups excluding carboxylic acids is 2. The summed E-state index contributed by atoms with van der Waals surface area (Å²) in [6, 6.07) is 11.1. The van der Waals surface area contributed by atoms with Gasteiger partial charge in [-0.05, 0) is 42.5 Å². The summed E-state index contributed by atoms with van der Waals surface area (Å²) in [5.41, 5.74) is -0.169. The van der Waals surface area contributed by atoms with Crippen molar-refractivity contribution in [1.82, 2.24) is 10.6 Å². The average Bonchev–Trinajstić information content (AvgIpc) is 2.68. The van der Waals surface area contributed by atoms with Crippen molar-refractivity contribution in [2.45, 2.75) is 15.6 Å². The molecule has 0 saturated carbocycles. The van der Waals surface area contributed by atoms with Gasteiger partial charge in [0.1, 0.15) is 11.3 Å². The minimum absolute atomic E-state index is 0.00102. The van der Waals surface area contributed by atoms with Gasteiger partial charge in [0.2, 0.25) is 11.8 Å². The van der Waals surface area contributed by atoms with Crippen LogP contribution in [-0.4, -0.2) is 43.3 Å². The molecule has 29 heavy (non-hydrogen) atoms. The molecule has 3 N–H and O–H groups in total. The molecule has 7 nitrogen and oxygen atoms in total. The van der Waals surface area contributed by atoms with E-state index in [-0.39, 0.29) is 28.1 Å². The average molecular weight is 458 g/mol. The molecule has 1 aliphatic rings. The molecule has 1 aliphatic heterocycles. The smallest absolute Gasteiger partial charge is 0.241 e. The number of hydrogen-bond acceptors (Lipinski definition) is 6. The molecular weight excluding hydrogens is 441 g/mol. The van der Waals surface area contributed by atoms with Crippen molar-refractivity contribution in [3.8, 4) is 0 Å². The van der Waals surface area contributed by atoms with E-state index < -0.39 is 32.3 Å². The van der Waals surface area contributed by atoms with Gasteiger partial charge >= 0.3 is 0 Å². The number of nitrogens with one attached hydrogen (secondary N) is 3. The van der Waals surface area contributed by atoms with Crippen LogP contribution in [0.4, 0.5) is 10.1 Å². The van der Waals surface area contributed by atoms with Gasteiger partial charge in [-0.1, -0.05) is 17.7 Å². The predicted molar refractivity (Wildman–Crippen MR) is 110 cm³/mol. The number of carbonyl (C=O) groups is 2. The first kappa shape index (κ1) is 21.6. The molecule has 3 rings (SSSR count). The van der Waals surface area contributed by atoms with Crippen LogP contribution in [-0.2, 0) is 19.4 Å². The molecule has 2 atom stereocenters. The first-order valence-electron chi connectivity index (χ1n) is 8.46. The lowest BCUT2D eigenvalue weighted by molar-refractivity contribution is -0.122. The molecule has 2 unspecified atom stereocenters. The summed E-state index contributed by atoms with van der Waals surface area (Å²) in [5.74, 6) is -1.40. The summed E-state index contributed by atoms with van der Waals surface area (Å²) in [5, 5.41) is 7.03. The van der Waals surface area contributed by atoms with Crippen LogP contribution in [0.2, 0.25) is 5.02 Å². The fourth-order valence-electron chi connectivity index (χ4n) is 2.63. The zero-order valence-electron chi connectivity index (χ0n) is 14.9. The van der Waals surface area contributed by atoms with Crippen molar-refractivity contribution in [3.05, 3.63) is 59.4 Å². The Morgan fingerprint density at radius 2 is 1.97 bits per heavy atom. The lowest BCUT2D eigenvalue weighted by Crippen LogP contribution is -2.59. The van der Waals surface area contributed by atoms with Gasteiger partial charge in [-0.15, -0.1) is 11.8 Å². The molecule has 1 fully saturated rings. The third kappa shape index (κ3) is 5.47. The second-order valence-corrected chi connectivity index (χ2v) is 9.81. The SMILES string of the molecule is O=C(CSC1NCC(S(=O)(=O)c2cccc(Cl)c2)C(=O)N1)Nc1ccc(F)cc1. The van der Waals surface area contributed by atoms with Crippen molar-refractivity contribution in [3.63, 3.8) is 0 Å². The summed E-state index contributed by atoms with van der Waals surface area (Å²) >= 11 is 6.94. The number of thioether (sulfide) groups is 1. The third-order valence-corrected chi connectivity index (χ3v) is 7.39. The van der Waals surface area contributed by atoms with Crippen LogP contribution in [0.5, 0.6) is 0 Å². The Hall–Kier alpha value is -2.14. The Bertz CT molecular complexity index is 1020. The summed E-state index contributed by atoms with van der Waals surface area (Å²) in [4.78, 5) is 24.3. The van der Waals surface area contributed by atoms with Crippen molar-refractivity contribution in [2.24, 2.45) is 0 Å². The van der Waals surface area contributed by atoms with Gasteiger partial charge in [0.15, 0.2) is 15.1 Å². The molecule has 1 saturated heterocycles. The predicted octanol–water partition coefficient (Wildman–Crippen LogP) is 2.00. The molecule has 0 radical (unpaired) electrons. The minimum Gasteiger partial charge on any atom is -0.331 e. The van der Waals surface area contributed by atoms with Crippen LogP contribution < -0.4 is 16.0 Å². The lowest BCUT2D eigenvalue weighted by Gasteiger charge is -2.29. The van der Waals surface area contributed by atoms with Gasteiger partial charge in [-0.2, -0.15) is 0 Å². The summed E-state index contributed by atoms with van der Waals surface area (Å²) in [6.07, 6.45) is 0. The Kier molecular flexibility index (Phi) is 6.78. The zero-order chi connectivity index (χ0) is 21.0. The lowest BCUT2D eigenvalue weighted by atomic mass is 10.3. The van der Waals surface area contributed by atoms with Gasteiger partial charge in [0, 0.05) is 17.3 Å². The quantitative estimate of drug-likeness (QED) is 0.613. The fourth-order valence-corrected chi connectivity index (χ4v) is 5.24. The van der Waals surface area contributed by atoms with E-state index in [4.69, 9.17) is 11.6 Å². The monoisotopic (exact) mass is 457 g/mol. The van der Waals surface area contributed by atoms with Gasteiger partial charge in [-0.3, -0.25) is 14.9 Å². The summed E-state index contributed by atoms with van der Waals surface area (Å²) < 4.78 is 38.3. The van der Waals surface area contributed by atoms with Crippen LogP contribution in [0.3, 0.4) is 0 Å². The van der Waals surface area contributed by atoms with Crippen molar-refractivity contribution in [1.29, 1.82) is 0 Å². The Morgan fingerprint density at radius 1 is 1.24 bits per heavy atom. The highest BCUT2D eigenvalue weighted by molar-refractivity contribution is 8.00. The summed E-state index contributed by atoms with van der Waals surface area (Å²) in [7, 11) is -3.91. The van der Waals surface area contributed by atoms with Crippen molar-refractivity contribution < 1.29 is 22.4 Å². The molecule has 2 aromatic rings. The van der Waals surface area contributed by atoms with E-state index >= 15 is 0 Å². The largest absolute Gasteiger partial charge is 0.331 e. The van der Waals surface area contributed by atoms with Gasteiger partial charge < -0.3 is 10.6 Å². The van der Waals surface area contributed by atoms with E-state index in [1.54, 1.807) is 6.07 Å². The Balaban J connectivity index is 1.54. The van der Waals surface area contributed by atoms with E-state index in [1.165, 1.54) is 42.5 Å². The third-order valence-electron chi connectivity index (χ3n) is 4.06. The standard InChI is InChI=1S/C18H17ClFN3O4S2/c19-11-2-1-3-14(8-11)29(26,27)15-9-21-18(23-17(15)25)28-10-16(24)22-13-6-4-12(20)5-7-13/h1-8,15,18,21H,9-10H2,(H,22,24)(H,23,25). The normalized spacial score (nSPS) is 19.4. The maximum Gasteiger partial charge on any atom is 0.241 e. The van der Waals surface area contributed by atoms with E-state index in [1.807, 2.05) is 0 Å². The number of rotatable bonds is 6. The highest BCUT2D eigenvalue weighted by Gasteiger charge is 2.38. The van der Waals surface area contributed by atoms with Gasteiger partial charge in [0.25, 0.3) is 0 Å². The molecule has 0 spiro atoms.